The Labute approximate surface area is 118 Å². The Morgan fingerprint density at radius 3 is 2.94 bits per heavy atom. The SMILES string of the molecule is CCCNC1c2c(Cl)ccc(OC)c2CSC1C. The molecule has 0 spiro atoms. The lowest BCUT2D eigenvalue weighted by Crippen LogP contribution is -2.32. The number of rotatable bonds is 4. The quantitative estimate of drug-likeness (QED) is 0.903. The second-order valence-corrected chi connectivity index (χ2v) is 6.36. The molecule has 0 amide bonds. The predicted molar refractivity (Wildman–Crippen MR) is 79.8 cm³/mol. The molecule has 0 bridgehead atoms. The zero-order valence-corrected chi connectivity index (χ0v) is 12.7. The van der Waals surface area contributed by atoms with Gasteiger partial charge in [0.2, 0.25) is 0 Å². The Morgan fingerprint density at radius 2 is 2.28 bits per heavy atom. The summed E-state index contributed by atoms with van der Waals surface area (Å²) in [7, 11) is 1.72. The second-order valence-electron chi connectivity index (χ2n) is 4.59. The van der Waals surface area contributed by atoms with Gasteiger partial charge in [-0.15, -0.1) is 0 Å². The minimum atomic E-state index is 0.321. The summed E-state index contributed by atoms with van der Waals surface area (Å²) in [6.07, 6.45) is 1.13. The van der Waals surface area contributed by atoms with Crippen LogP contribution in [0.15, 0.2) is 12.1 Å². The van der Waals surface area contributed by atoms with Crippen molar-refractivity contribution in [2.24, 2.45) is 0 Å². The molecule has 2 rings (SSSR count). The van der Waals surface area contributed by atoms with Crippen molar-refractivity contribution in [3.8, 4) is 5.75 Å². The van der Waals surface area contributed by atoms with Crippen LogP contribution in [0.2, 0.25) is 5.02 Å². The summed E-state index contributed by atoms with van der Waals surface area (Å²) in [5, 5.41) is 5.00. The van der Waals surface area contributed by atoms with Crippen LogP contribution in [0, 0.1) is 0 Å². The molecular formula is C14H20ClNOS. The van der Waals surface area contributed by atoms with Crippen LogP contribution in [0.5, 0.6) is 5.75 Å². The zero-order valence-electron chi connectivity index (χ0n) is 11.1. The van der Waals surface area contributed by atoms with Crippen LogP contribution in [0.3, 0.4) is 0 Å². The highest BCUT2D eigenvalue weighted by molar-refractivity contribution is 7.99. The molecule has 0 saturated carbocycles. The van der Waals surface area contributed by atoms with E-state index in [-0.39, 0.29) is 0 Å². The largest absolute Gasteiger partial charge is 0.496 e. The van der Waals surface area contributed by atoms with E-state index >= 15 is 0 Å². The normalized spacial score (nSPS) is 22.7. The van der Waals surface area contributed by atoms with Gasteiger partial charge in [-0.2, -0.15) is 11.8 Å². The summed E-state index contributed by atoms with van der Waals surface area (Å²) in [6, 6.07) is 4.23. The number of halogens is 1. The fraction of sp³-hybridized carbons (Fsp3) is 0.571. The molecule has 18 heavy (non-hydrogen) atoms. The van der Waals surface area contributed by atoms with Crippen molar-refractivity contribution in [3.63, 3.8) is 0 Å². The van der Waals surface area contributed by atoms with Crippen LogP contribution >= 0.6 is 23.4 Å². The van der Waals surface area contributed by atoms with Gasteiger partial charge < -0.3 is 10.1 Å². The first-order chi connectivity index (χ1) is 8.69. The third kappa shape index (κ3) is 2.63. The van der Waals surface area contributed by atoms with E-state index in [9.17, 15) is 0 Å². The molecule has 1 aliphatic rings. The maximum absolute atomic E-state index is 6.41. The average molecular weight is 286 g/mol. The van der Waals surface area contributed by atoms with Gasteiger partial charge in [0, 0.05) is 27.6 Å². The van der Waals surface area contributed by atoms with Crippen molar-refractivity contribution < 1.29 is 4.74 Å². The van der Waals surface area contributed by atoms with Gasteiger partial charge in [-0.3, -0.25) is 0 Å². The predicted octanol–water partition coefficient (Wildman–Crippen LogP) is 4.02. The first kappa shape index (κ1) is 14.0. The number of ether oxygens (including phenoxy) is 1. The highest BCUT2D eigenvalue weighted by Gasteiger charge is 2.30. The van der Waals surface area contributed by atoms with Gasteiger partial charge in [0.15, 0.2) is 0 Å². The van der Waals surface area contributed by atoms with E-state index in [4.69, 9.17) is 16.3 Å². The minimum absolute atomic E-state index is 0.321. The molecule has 0 saturated heterocycles. The van der Waals surface area contributed by atoms with Crippen LogP contribution < -0.4 is 10.1 Å². The summed E-state index contributed by atoms with van der Waals surface area (Å²) in [6.45, 7) is 5.46. The molecule has 1 aromatic carbocycles. The molecule has 1 heterocycles. The van der Waals surface area contributed by atoms with Gasteiger partial charge in [0.05, 0.1) is 7.11 Å². The monoisotopic (exact) mass is 285 g/mol. The lowest BCUT2D eigenvalue weighted by atomic mass is 9.97. The van der Waals surface area contributed by atoms with Crippen molar-refractivity contribution in [2.75, 3.05) is 13.7 Å². The Hall–Kier alpha value is -0.380. The average Bonchev–Trinajstić information content (AvgIpc) is 2.38. The number of fused-ring (bicyclic) bond motifs is 1. The van der Waals surface area contributed by atoms with E-state index in [1.807, 2.05) is 23.9 Å². The highest BCUT2D eigenvalue weighted by atomic mass is 35.5. The standard InChI is InChI=1S/C14H20ClNOS/c1-4-7-16-14-9(2)18-8-10-12(17-3)6-5-11(15)13(10)14/h5-6,9,14,16H,4,7-8H2,1-3H3. The maximum Gasteiger partial charge on any atom is 0.123 e. The van der Waals surface area contributed by atoms with E-state index < -0.39 is 0 Å². The molecule has 2 nitrogen and oxygen atoms in total. The van der Waals surface area contributed by atoms with E-state index in [1.165, 1.54) is 11.1 Å². The third-order valence-electron chi connectivity index (χ3n) is 3.37. The van der Waals surface area contributed by atoms with Crippen LogP contribution in [0.1, 0.15) is 37.4 Å². The van der Waals surface area contributed by atoms with E-state index in [2.05, 4.69) is 19.2 Å². The fourth-order valence-corrected chi connectivity index (χ4v) is 3.85. The lowest BCUT2D eigenvalue weighted by Gasteiger charge is -2.33. The molecule has 2 atom stereocenters. The van der Waals surface area contributed by atoms with Crippen molar-refractivity contribution in [1.29, 1.82) is 0 Å². The maximum atomic E-state index is 6.41. The van der Waals surface area contributed by atoms with Crippen molar-refractivity contribution in [2.45, 2.75) is 37.3 Å². The van der Waals surface area contributed by atoms with Crippen LogP contribution in [0.25, 0.3) is 0 Å². The van der Waals surface area contributed by atoms with Crippen molar-refractivity contribution in [1.82, 2.24) is 5.32 Å². The molecule has 0 aliphatic carbocycles. The number of benzene rings is 1. The Bertz CT molecular complexity index is 425. The summed E-state index contributed by atoms with van der Waals surface area (Å²) in [4.78, 5) is 0. The van der Waals surface area contributed by atoms with Crippen molar-refractivity contribution in [3.05, 3.63) is 28.3 Å². The topological polar surface area (TPSA) is 21.3 Å². The first-order valence-corrected chi connectivity index (χ1v) is 7.82. The zero-order chi connectivity index (χ0) is 13.1. The Kier molecular flexibility index (Phi) is 4.82. The Morgan fingerprint density at radius 1 is 1.50 bits per heavy atom. The van der Waals surface area contributed by atoms with E-state index in [0.717, 1.165) is 29.5 Å². The molecular weight excluding hydrogens is 266 g/mol. The minimum Gasteiger partial charge on any atom is -0.496 e. The van der Waals surface area contributed by atoms with Gasteiger partial charge in [-0.1, -0.05) is 25.4 Å². The number of hydrogen-bond acceptors (Lipinski definition) is 3. The summed E-state index contributed by atoms with van der Waals surface area (Å²) in [5.41, 5.74) is 2.48. The molecule has 1 aromatic rings. The Balaban J connectivity index is 2.41. The van der Waals surface area contributed by atoms with Crippen LogP contribution in [0.4, 0.5) is 0 Å². The van der Waals surface area contributed by atoms with Crippen LogP contribution in [-0.2, 0) is 5.75 Å². The fourth-order valence-electron chi connectivity index (χ4n) is 2.41. The molecule has 2 unspecified atom stereocenters. The smallest absolute Gasteiger partial charge is 0.123 e. The second kappa shape index (κ2) is 6.18. The van der Waals surface area contributed by atoms with E-state index in [0.29, 0.717) is 11.3 Å². The number of nitrogens with one attached hydrogen (secondary N) is 1. The summed E-state index contributed by atoms with van der Waals surface area (Å²) < 4.78 is 5.46. The van der Waals surface area contributed by atoms with Gasteiger partial charge in [0.1, 0.15) is 5.75 Å². The third-order valence-corrected chi connectivity index (χ3v) is 4.95. The number of thioether (sulfide) groups is 1. The van der Waals surface area contributed by atoms with Gasteiger partial charge in [0.25, 0.3) is 0 Å². The molecule has 0 radical (unpaired) electrons. The van der Waals surface area contributed by atoms with Crippen molar-refractivity contribution >= 4 is 23.4 Å². The van der Waals surface area contributed by atoms with Gasteiger partial charge >= 0.3 is 0 Å². The summed E-state index contributed by atoms with van der Waals surface area (Å²) in [5.74, 6) is 1.93. The molecule has 0 aromatic heterocycles. The molecule has 1 aliphatic heterocycles. The molecule has 4 heteroatoms. The molecule has 100 valence electrons. The highest BCUT2D eigenvalue weighted by Crippen LogP contribution is 2.44. The summed E-state index contributed by atoms with van der Waals surface area (Å²) >= 11 is 8.36. The number of methoxy groups -OCH3 is 1. The first-order valence-electron chi connectivity index (χ1n) is 6.39. The number of hydrogen-bond donors (Lipinski definition) is 1. The van der Waals surface area contributed by atoms with E-state index in [1.54, 1.807) is 7.11 Å². The van der Waals surface area contributed by atoms with Gasteiger partial charge in [-0.25, -0.2) is 0 Å². The molecule has 1 N–H and O–H groups in total. The lowest BCUT2D eigenvalue weighted by molar-refractivity contribution is 0.408. The van der Waals surface area contributed by atoms with Crippen LogP contribution in [-0.4, -0.2) is 18.9 Å². The molecule has 0 fully saturated rings. The van der Waals surface area contributed by atoms with Gasteiger partial charge in [-0.05, 0) is 30.7 Å².